The van der Waals surface area contributed by atoms with Crippen LogP contribution in [-0.4, -0.2) is 54.4 Å². The molecule has 1 unspecified atom stereocenters. The van der Waals surface area contributed by atoms with Crippen LogP contribution in [-0.2, 0) is 15.1 Å². The van der Waals surface area contributed by atoms with E-state index in [2.05, 4.69) is 30.3 Å². The molecular weight excluding hydrogens is 502 g/mol. The third-order valence-electron chi connectivity index (χ3n) is 8.12. The van der Waals surface area contributed by atoms with E-state index in [0.29, 0.717) is 22.3 Å². The SMILES string of the molecule is O=C(OC1C[N+]2(CCCOc3ccc4ccccc4c3)CCC1CC2)C(O)(c1cccs1)c1cccs1. The molecule has 1 N–H and O–H groups in total. The third kappa shape index (κ3) is 4.81. The first-order valence-corrected chi connectivity index (χ1v) is 14.8. The number of aliphatic hydroxyl groups is 1. The van der Waals surface area contributed by atoms with Gasteiger partial charge >= 0.3 is 5.97 Å². The predicted molar refractivity (Wildman–Crippen MR) is 148 cm³/mol. The summed E-state index contributed by atoms with van der Waals surface area (Å²) in [6.07, 6.45) is 2.90. The molecule has 0 aliphatic carbocycles. The van der Waals surface area contributed by atoms with E-state index >= 15 is 0 Å². The van der Waals surface area contributed by atoms with Gasteiger partial charge in [-0.2, -0.15) is 0 Å². The zero-order valence-corrected chi connectivity index (χ0v) is 22.4. The van der Waals surface area contributed by atoms with Gasteiger partial charge in [0.2, 0.25) is 5.60 Å². The maximum atomic E-state index is 13.5. The van der Waals surface area contributed by atoms with Gasteiger partial charge in [0.1, 0.15) is 12.3 Å². The lowest BCUT2D eigenvalue weighted by Gasteiger charge is -2.52. The lowest BCUT2D eigenvalue weighted by atomic mass is 9.83. The maximum Gasteiger partial charge on any atom is 0.349 e. The predicted octanol–water partition coefficient (Wildman–Crippen LogP) is 5.82. The fourth-order valence-corrected chi connectivity index (χ4v) is 7.74. The number of nitrogens with zero attached hydrogens (tertiary/aromatic N) is 1. The van der Waals surface area contributed by atoms with E-state index in [9.17, 15) is 9.90 Å². The Morgan fingerprint density at radius 3 is 2.32 bits per heavy atom. The van der Waals surface area contributed by atoms with Crippen molar-refractivity contribution >= 4 is 39.4 Å². The number of esters is 1. The van der Waals surface area contributed by atoms with Gasteiger partial charge in [0.15, 0.2) is 6.10 Å². The molecule has 3 aliphatic heterocycles. The molecule has 2 aromatic heterocycles. The summed E-state index contributed by atoms with van der Waals surface area (Å²) in [6.45, 7) is 4.73. The van der Waals surface area contributed by atoms with Crippen LogP contribution in [0.5, 0.6) is 5.75 Å². The van der Waals surface area contributed by atoms with Crippen molar-refractivity contribution < 1.29 is 23.9 Å². The summed E-state index contributed by atoms with van der Waals surface area (Å²) in [7, 11) is 0. The number of benzene rings is 2. The molecule has 5 nitrogen and oxygen atoms in total. The molecule has 192 valence electrons. The maximum absolute atomic E-state index is 13.5. The summed E-state index contributed by atoms with van der Waals surface area (Å²) in [5, 5.41) is 17.8. The average Bonchev–Trinajstić information content (AvgIpc) is 3.67. The molecule has 7 rings (SSSR count). The quantitative estimate of drug-likeness (QED) is 0.167. The minimum absolute atomic E-state index is 0.164. The van der Waals surface area contributed by atoms with Crippen LogP contribution in [0.4, 0.5) is 0 Å². The fraction of sp³-hybridized carbons (Fsp3) is 0.367. The van der Waals surface area contributed by atoms with Gasteiger partial charge in [0.05, 0.1) is 36.0 Å². The highest BCUT2D eigenvalue weighted by Gasteiger charge is 2.51. The zero-order chi connectivity index (χ0) is 25.3. The van der Waals surface area contributed by atoms with E-state index in [1.54, 1.807) is 0 Å². The monoisotopic (exact) mass is 534 g/mol. The van der Waals surface area contributed by atoms with Crippen molar-refractivity contribution in [2.45, 2.75) is 31.0 Å². The van der Waals surface area contributed by atoms with E-state index in [4.69, 9.17) is 9.47 Å². The molecule has 7 heteroatoms. The number of carbonyl (C=O) groups excluding carboxylic acids is 1. The summed E-state index contributed by atoms with van der Waals surface area (Å²) >= 11 is 2.77. The Hall–Kier alpha value is -2.71. The molecule has 37 heavy (non-hydrogen) atoms. The molecule has 3 saturated heterocycles. The first kappa shape index (κ1) is 24.6. The lowest BCUT2D eigenvalue weighted by molar-refractivity contribution is -0.946. The number of rotatable bonds is 9. The molecule has 1 atom stereocenters. The number of hydrogen-bond acceptors (Lipinski definition) is 6. The summed E-state index contributed by atoms with van der Waals surface area (Å²) in [5.74, 6) is 0.729. The first-order valence-electron chi connectivity index (χ1n) is 13.0. The van der Waals surface area contributed by atoms with Crippen molar-refractivity contribution in [3.8, 4) is 5.75 Å². The second-order valence-corrected chi connectivity index (χ2v) is 12.2. The van der Waals surface area contributed by atoms with Crippen molar-refractivity contribution in [3.63, 3.8) is 0 Å². The van der Waals surface area contributed by atoms with Crippen LogP contribution < -0.4 is 4.74 Å². The van der Waals surface area contributed by atoms with Crippen LogP contribution >= 0.6 is 22.7 Å². The third-order valence-corrected chi connectivity index (χ3v) is 10.1. The van der Waals surface area contributed by atoms with Crippen molar-refractivity contribution in [3.05, 3.63) is 87.2 Å². The first-order chi connectivity index (χ1) is 18.1. The molecule has 3 aliphatic rings. The van der Waals surface area contributed by atoms with Crippen molar-refractivity contribution in [1.29, 1.82) is 0 Å². The van der Waals surface area contributed by atoms with Crippen LogP contribution in [0.3, 0.4) is 0 Å². The average molecular weight is 535 g/mol. The molecule has 2 bridgehead atoms. The second-order valence-electron chi connectivity index (χ2n) is 10.4. The number of ether oxygens (including phenoxy) is 2. The van der Waals surface area contributed by atoms with Crippen molar-refractivity contribution in [2.75, 3.05) is 32.8 Å². The zero-order valence-electron chi connectivity index (χ0n) is 20.8. The van der Waals surface area contributed by atoms with Gasteiger partial charge in [-0.3, -0.25) is 0 Å². The number of thiophene rings is 2. The second kappa shape index (κ2) is 10.2. The Balaban J connectivity index is 1.09. The Morgan fingerprint density at radius 1 is 0.946 bits per heavy atom. The van der Waals surface area contributed by atoms with Crippen molar-refractivity contribution in [1.82, 2.24) is 0 Å². The number of fused-ring (bicyclic) bond motifs is 4. The number of carbonyl (C=O) groups is 1. The van der Waals surface area contributed by atoms with Gasteiger partial charge in [-0.1, -0.05) is 42.5 Å². The molecule has 5 heterocycles. The highest BCUT2D eigenvalue weighted by atomic mass is 32.1. The molecule has 4 aromatic rings. The van der Waals surface area contributed by atoms with Gasteiger partial charge in [-0.05, 0) is 45.8 Å². The minimum Gasteiger partial charge on any atom is -0.493 e. The summed E-state index contributed by atoms with van der Waals surface area (Å²) in [5.41, 5.74) is -1.74. The normalized spacial score (nSPS) is 23.3. The molecule has 0 amide bonds. The standard InChI is InChI=1S/C30H32NO4S2/c32-29(30(33,27-8-3-18-36-27)28-9-4-19-37-28)35-26-21-31(15-12-23(26)13-16-31)14-5-17-34-25-11-10-22-6-1-2-7-24(22)20-25/h1-4,6-11,18-20,23,26,33H,5,12-17,21H2/q+1. The number of piperidine rings is 3. The van der Waals surface area contributed by atoms with Crippen molar-refractivity contribution in [2.24, 2.45) is 5.92 Å². The number of hydrogen-bond donors (Lipinski definition) is 1. The number of quaternary nitrogens is 1. The molecule has 0 spiro atoms. The lowest BCUT2D eigenvalue weighted by Crippen LogP contribution is -2.65. The Kier molecular flexibility index (Phi) is 6.80. The van der Waals surface area contributed by atoms with E-state index in [1.807, 2.05) is 47.2 Å². The summed E-state index contributed by atoms with van der Waals surface area (Å²) in [6, 6.07) is 21.9. The topological polar surface area (TPSA) is 55.8 Å². The molecule has 0 radical (unpaired) electrons. The van der Waals surface area contributed by atoms with Crippen LogP contribution in [0, 0.1) is 5.92 Å². The summed E-state index contributed by atoms with van der Waals surface area (Å²) in [4.78, 5) is 14.8. The minimum atomic E-state index is -1.74. The van der Waals surface area contributed by atoms with E-state index in [-0.39, 0.29) is 6.10 Å². The Labute approximate surface area is 225 Å². The van der Waals surface area contributed by atoms with Gasteiger partial charge in [-0.25, -0.2) is 4.79 Å². The largest absolute Gasteiger partial charge is 0.493 e. The molecule has 2 aromatic carbocycles. The Bertz CT molecular complexity index is 1310. The Morgan fingerprint density at radius 2 is 1.65 bits per heavy atom. The highest BCUT2D eigenvalue weighted by Crippen LogP contribution is 2.40. The van der Waals surface area contributed by atoms with Gasteiger partial charge in [-0.15, -0.1) is 22.7 Å². The van der Waals surface area contributed by atoms with E-state index < -0.39 is 11.6 Å². The van der Waals surface area contributed by atoms with E-state index in [0.717, 1.165) is 55.7 Å². The molecular formula is C30H32NO4S2+. The van der Waals surface area contributed by atoms with Crippen LogP contribution in [0.25, 0.3) is 10.8 Å². The van der Waals surface area contributed by atoms with E-state index in [1.165, 1.54) is 33.4 Å². The summed E-state index contributed by atoms with van der Waals surface area (Å²) < 4.78 is 13.2. The smallest absolute Gasteiger partial charge is 0.349 e. The van der Waals surface area contributed by atoms with Gasteiger partial charge < -0.3 is 19.1 Å². The highest BCUT2D eigenvalue weighted by molar-refractivity contribution is 7.12. The van der Waals surface area contributed by atoms with Gasteiger partial charge in [0, 0.05) is 25.2 Å². The van der Waals surface area contributed by atoms with Crippen LogP contribution in [0.1, 0.15) is 29.0 Å². The molecule has 3 fully saturated rings. The van der Waals surface area contributed by atoms with Crippen LogP contribution in [0.2, 0.25) is 0 Å². The van der Waals surface area contributed by atoms with Crippen LogP contribution in [0.15, 0.2) is 77.5 Å². The fourth-order valence-electron chi connectivity index (χ4n) is 6.03. The van der Waals surface area contributed by atoms with Gasteiger partial charge in [0.25, 0.3) is 0 Å². The molecule has 0 saturated carbocycles.